The first kappa shape index (κ1) is 20.6. The lowest BCUT2D eigenvalue weighted by atomic mass is 10.0. The van der Waals surface area contributed by atoms with Gasteiger partial charge >= 0.3 is 6.61 Å². The summed E-state index contributed by atoms with van der Waals surface area (Å²) < 4.78 is 28.5. The van der Waals surface area contributed by atoms with E-state index in [9.17, 15) is 18.4 Å². The van der Waals surface area contributed by atoms with Crippen LogP contribution in [0.4, 0.5) is 8.78 Å². The molecule has 0 heterocycles. The lowest BCUT2D eigenvalue weighted by Gasteiger charge is -2.18. The van der Waals surface area contributed by atoms with E-state index in [4.69, 9.17) is 11.6 Å². The Morgan fingerprint density at radius 2 is 1.70 bits per heavy atom. The highest BCUT2D eigenvalue weighted by Crippen LogP contribution is 2.20. The molecule has 2 aromatic rings. The standard InChI is InChI=1S/C19H19ClF2N2O3/c1-12(25)24-17(14-4-6-15(20)7-5-14)10-18(26)23-11-13-2-8-16(9-3-13)27-19(21)22/h2-9,17,19H,10-11H2,1H3,(H,23,26)(H,24,25). The first-order valence-electron chi connectivity index (χ1n) is 8.16. The predicted octanol–water partition coefficient (Wildman–Crippen LogP) is 3.83. The molecule has 0 aliphatic rings. The zero-order valence-corrected chi connectivity index (χ0v) is 15.3. The maximum atomic E-state index is 12.2. The fourth-order valence-electron chi connectivity index (χ4n) is 2.44. The third-order valence-electron chi connectivity index (χ3n) is 3.68. The lowest BCUT2D eigenvalue weighted by Crippen LogP contribution is -2.32. The van der Waals surface area contributed by atoms with Crippen molar-refractivity contribution in [2.75, 3.05) is 0 Å². The zero-order chi connectivity index (χ0) is 19.8. The van der Waals surface area contributed by atoms with Crippen LogP contribution in [0.5, 0.6) is 5.75 Å². The Labute approximate surface area is 160 Å². The Morgan fingerprint density at radius 3 is 2.26 bits per heavy atom. The number of nitrogens with one attached hydrogen (secondary N) is 2. The van der Waals surface area contributed by atoms with Crippen LogP contribution in [0.3, 0.4) is 0 Å². The molecular formula is C19H19ClF2N2O3. The average molecular weight is 397 g/mol. The normalized spacial score (nSPS) is 11.7. The number of hydrogen-bond acceptors (Lipinski definition) is 3. The molecule has 5 nitrogen and oxygen atoms in total. The summed E-state index contributed by atoms with van der Waals surface area (Å²) in [5, 5.41) is 6.04. The molecule has 2 amide bonds. The van der Waals surface area contributed by atoms with Crippen LogP contribution in [-0.4, -0.2) is 18.4 Å². The Balaban J connectivity index is 1.93. The quantitative estimate of drug-likeness (QED) is 0.712. The van der Waals surface area contributed by atoms with Crippen LogP contribution in [0.25, 0.3) is 0 Å². The average Bonchev–Trinajstić information content (AvgIpc) is 2.60. The second-order valence-corrected chi connectivity index (χ2v) is 6.24. The molecule has 0 saturated heterocycles. The number of rotatable bonds is 8. The van der Waals surface area contributed by atoms with Crippen molar-refractivity contribution >= 4 is 23.4 Å². The third-order valence-corrected chi connectivity index (χ3v) is 3.93. The molecule has 0 fully saturated rings. The van der Waals surface area contributed by atoms with Gasteiger partial charge in [-0.25, -0.2) is 0 Å². The number of benzene rings is 2. The van der Waals surface area contributed by atoms with Gasteiger partial charge in [0.2, 0.25) is 11.8 Å². The maximum absolute atomic E-state index is 12.2. The summed E-state index contributed by atoms with van der Waals surface area (Å²) in [5.74, 6) is -0.470. The monoisotopic (exact) mass is 396 g/mol. The van der Waals surface area contributed by atoms with Gasteiger partial charge < -0.3 is 15.4 Å². The van der Waals surface area contributed by atoms with Crippen molar-refractivity contribution in [3.8, 4) is 5.75 Å². The van der Waals surface area contributed by atoms with Gasteiger partial charge in [0.15, 0.2) is 0 Å². The number of carbonyl (C=O) groups excluding carboxylic acids is 2. The second-order valence-electron chi connectivity index (χ2n) is 5.81. The molecule has 2 N–H and O–H groups in total. The molecule has 144 valence electrons. The maximum Gasteiger partial charge on any atom is 0.387 e. The number of carbonyl (C=O) groups is 2. The summed E-state index contributed by atoms with van der Waals surface area (Å²) >= 11 is 5.87. The van der Waals surface area contributed by atoms with Crippen LogP contribution >= 0.6 is 11.6 Å². The van der Waals surface area contributed by atoms with Gasteiger partial charge in [-0.15, -0.1) is 0 Å². The number of amides is 2. The van der Waals surface area contributed by atoms with E-state index in [1.165, 1.54) is 19.1 Å². The Hall–Kier alpha value is -2.67. The molecule has 0 bridgehead atoms. The van der Waals surface area contributed by atoms with Crippen molar-refractivity contribution in [3.05, 3.63) is 64.7 Å². The summed E-state index contributed by atoms with van der Waals surface area (Å²) in [6.07, 6.45) is 0.0494. The van der Waals surface area contributed by atoms with Crippen molar-refractivity contribution < 1.29 is 23.1 Å². The molecule has 0 aliphatic heterocycles. The van der Waals surface area contributed by atoms with Gasteiger partial charge in [-0.3, -0.25) is 9.59 Å². The van der Waals surface area contributed by atoms with Gasteiger partial charge in [0.05, 0.1) is 12.5 Å². The van der Waals surface area contributed by atoms with Gasteiger partial charge in [0.25, 0.3) is 0 Å². The van der Waals surface area contributed by atoms with Crippen LogP contribution in [0.1, 0.15) is 30.5 Å². The van der Waals surface area contributed by atoms with Gasteiger partial charge in [-0.1, -0.05) is 35.9 Å². The van der Waals surface area contributed by atoms with Crippen molar-refractivity contribution in [3.63, 3.8) is 0 Å². The molecule has 8 heteroatoms. The summed E-state index contributed by atoms with van der Waals surface area (Å²) in [4.78, 5) is 23.7. The summed E-state index contributed by atoms with van der Waals surface area (Å²) in [6.45, 7) is -1.28. The molecule has 0 radical (unpaired) electrons. The molecule has 0 spiro atoms. The van der Waals surface area contributed by atoms with E-state index in [0.29, 0.717) is 5.02 Å². The molecular weight excluding hydrogens is 378 g/mol. The van der Waals surface area contributed by atoms with Crippen LogP contribution in [0.2, 0.25) is 5.02 Å². The summed E-state index contributed by atoms with van der Waals surface area (Å²) in [5.41, 5.74) is 1.49. The minimum Gasteiger partial charge on any atom is -0.435 e. The predicted molar refractivity (Wildman–Crippen MR) is 97.5 cm³/mol. The number of hydrogen-bond donors (Lipinski definition) is 2. The van der Waals surface area contributed by atoms with Gasteiger partial charge in [0, 0.05) is 18.5 Å². The highest BCUT2D eigenvalue weighted by atomic mass is 35.5. The van der Waals surface area contributed by atoms with E-state index in [1.54, 1.807) is 36.4 Å². The van der Waals surface area contributed by atoms with Gasteiger partial charge in [0.1, 0.15) is 5.75 Å². The van der Waals surface area contributed by atoms with Crippen molar-refractivity contribution in [1.29, 1.82) is 0 Å². The molecule has 2 aromatic carbocycles. The molecule has 27 heavy (non-hydrogen) atoms. The van der Waals surface area contributed by atoms with Crippen molar-refractivity contribution in [1.82, 2.24) is 10.6 Å². The van der Waals surface area contributed by atoms with Crippen molar-refractivity contribution in [2.45, 2.75) is 32.5 Å². The van der Waals surface area contributed by atoms with E-state index < -0.39 is 12.7 Å². The van der Waals surface area contributed by atoms with Gasteiger partial charge in [-0.2, -0.15) is 8.78 Å². The van der Waals surface area contributed by atoms with Crippen molar-refractivity contribution in [2.24, 2.45) is 0 Å². The van der Waals surface area contributed by atoms with E-state index in [0.717, 1.165) is 11.1 Å². The Bertz CT molecular complexity index is 768. The van der Waals surface area contributed by atoms with Crippen LogP contribution < -0.4 is 15.4 Å². The molecule has 0 saturated carbocycles. The second kappa shape index (κ2) is 9.87. The van der Waals surface area contributed by atoms with Gasteiger partial charge in [-0.05, 0) is 35.4 Å². The van der Waals surface area contributed by atoms with Crippen LogP contribution in [0.15, 0.2) is 48.5 Å². The topological polar surface area (TPSA) is 67.4 Å². The number of halogens is 3. The molecule has 0 aliphatic carbocycles. The molecule has 0 aromatic heterocycles. The van der Waals surface area contributed by atoms with E-state index >= 15 is 0 Å². The van der Waals surface area contributed by atoms with Crippen LogP contribution in [-0.2, 0) is 16.1 Å². The largest absolute Gasteiger partial charge is 0.435 e. The first-order valence-corrected chi connectivity index (χ1v) is 8.54. The summed E-state index contributed by atoms with van der Waals surface area (Å²) in [6, 6.07) is 12.4. The molecule has 2 rings (SSSR count). The summed E-state index contributed by atoms with van der Waals surface area (Å²) in [7, 11) is 0. The fourth-order valence-corrected chi connectivity index (χ4v) is 2.57. The SMILES string of the molecule is CC(=O)NC(CC(=O)NCc1ccc(OC(F)F)cc1)c1ccc(Cl)cc1. The third kappa shape index (κ3) is 7.22. The minimum atomic E-state index is -2.88. The Morgan fingerprint density at radius 1 is 1.07 bits per heavy atom. The Kier molecular flexibility index (Phi) is 7.55. The van der Waals surface area contributed by atoms with E-state index in [-0.39, 0.29) is 30.5 Å². The van der Waals surface area contributed by atoms with E-state index in [2.05, 4.69) is 15.4 Å². The molecule has 1 atom stereocenters. The highest BCUT2D eigenvalue weighted by molar-refractivity contribution is 6.30. The van der Waals surface area contributed by atoms with E-state index in [1.807, 2.05) is 0 Å². The number of alkyl halides is 2. The molecule has 1 unspecified atom stereocenters. The fraction of sp³-hybridized carbons (Fsp3) is 0.263. The number of ether oxygens (including phenoxy) is 1. The minimum absolute atomic E-state index is 0.0494. The lowest BCUT2D eigenvalue weighted by molar-refractivity contribution is -0.122. The van der Waals surface area contributed by atoms with Crippen LogP contribution in [0, 0.1) is 0 Å². The zero-order valence-electron chi connectivity index (χ0n) is 14.5. The smallest absolute Gasteiger partial charge is 0.387 e. The highest BCUT2D eigenvalue weighted by Gasteiger charge is 2.17. The first-order chi connectivity index (χ1) is 12.8.